The van der Waals surface area contributed by atoms with E-state index in [0.717, 1.165) is 29.5 Å². The molecule has 5 rings (SSSR count). The Labute approximate surface area is 277 Å². The van der Waals surface area contributed by atoms with Crippen LogP contribution >= 0.6 is 0 Å². The molecule has 46 heavy (non-hydrogen) atoms. The van der Waals surface area contributed by atoms with Crippen LogP contribution in [0.15, 0.2) is 103 Å². The molecule has 0 radical (unpaired) electrons. The van der Waals surface area contributed by atoms with Crippen molar-refractivity contribution in [3.8, 4) is 11.1 Å². The molecule has 0 bridgehead atoms. The SMILES string of the molecule is C.C.C.CC(=O)C1(N)CCc2ccccc2C1.CC(=O)[C@@H](N)Cc1ccc(-c2ccccc2)cc1.CC(=O)c1ccc(CN)cc1. The molecule has 0 heterocycles. The average Bonchev–Trinajstić information content (AvgIpc) is 3.02. The Bertz CT molecular complexity index is 1500. The van der Waals surface area contributed by atoms with Crippen molar-refractivity contribution in [1.82, 2.24) is 0 Å². The molecule has 0 amide bonds. The van der Waals surface area contributed by atoms with Gasteiger partial charge in [0.25, 0.3) is 0 Å². The zero-order valence-corrected chi connectivity index (χ0v) is 25.4. The normalized spacial score (nSPS) is 14.8. The first-order chi connectivity index (χ1) is 20.5. The summed E-state index contributed by atoms with van der Waals surface area (Å²) in [5.74, 6) is 0.225. The molecule has 0 saturated carbocycles. The molecule has 6 nitrogen and oxygen atoms in total. The first-order valence-electron chi connectivity index (χ1n) is 14.6. The van der Waals surface area contributed by atoms with Gasteiger partial charge in [0.05, 0.1) is 11.6 Å². The lowest BCUT2D eigenvalue weighted by Crippen LogP contribution is -2.51. The molecular formula is C40H55N3O3. The molecule has 0 fully saturated rings. The molecule has 6 heteroatoms. The second kappa shape index (κ2) is 20.0. The fourth-order valence-corrected chi connectivity index (χ4v) is 4.80. The highest BCUT2D eigenvalue weighted by atomic mass is 16.1. The Morgan fingerprint density at radius 1 is 0.696 bits per heavy atom. The van der Waals surface area contributed by atoms with Gasteiger partial charge in [0, 0.05) is 12.1 Å². The van der Waals surface area contributed by atoms with Gasteiger partial charge in [-0.2, -0.15) is 0 Å². The van der Waals surface area contributed by atoms with Crippen molar-refractivity contribution in [2.45, 2.75) is 86.9 Å². The molecule has 248 valence electrons. The minimum atomic E-state index is -0.617. The second-order valence-corrected chi connectivity index (χ2v) is 11.1. The van der Waals surface area contributed by atoms with Gasteiger partial charge < -0.3 is 17.2 Å². The van der Waals surface area contributed by atoms with Crippen LogP contribution in [0.1, 0.15) is 82.1 Å². The molecule has 4 aromatic rings. The quantitative estimate of drug-likeness (QED) is 0.182. The van der Waals surface area contributed by atoms with E-state index in [9.17, 15) is 14.4 Å². The lowest BCUT2D eigenvalue weighted by atomic mass is 9.76. The Morgan fingerprint density at radius 2 is 1.20 bits per heavy atom. The van der Waals surface area contributed by atoms with Crippen molar-refractivity contribution < 1.29 is 14.4 Å². The van der Waals surface area contributed by atoms with E-state index < -0.39 is 11.6 Å². The van der Waals surface area contributed by atoms with Crippen molar-refractivity contribution >= 4 is 17.3 Å². The van der Waals surface area contributed by atoms with E-state index in [2.05, 4.69) is 36.4 Å². The number of benzene rings is 4. The summed E-state index contributed by atoms with van der Waals surface area (Å²) in [6, 6.07) is 33.6. The van der Waals surface area contributed by atoms with Crippen LogP contribution in [0, 0.1) is 0 Å². The smallest absolute Gasteiger partial charge is 0.159 e. The molecule has 0 saturated heterocycles. The van der Waals surface area contributed by atoms with Gasteiger partial charge in [0.2, 0.25) is 0 Å². The Balaban J connectivity index is 0.000000658. The topological polar surface area (TPSA) is 129 Å². The number of fused-ring (bicyclic) bond motifs is 1. The number of carbonyl (C=O) groups is 3. The maximum absolute atomic E-state index is 11.4. The third kappa shape index (κ3) is 12.3. The summed E-state index contributed by atoms with van der Waals surface area (Å²) in [6.07, 6.45) is 2.99. The van der Waals surface area contributed by atoms with Gasteiger partial charge in [-0.25, -0.2) is 0 Å². The molecule has 0 aromatic heterocycles. The van der Waals surface area contributed by atoms with Crippen LogP contribution in [0.5, 0.6) is 0 Å². The van der Waals surface area contributed by atoms with Crippen LogP contribution in [-0.2, 0) is 35.4 Å². The molecule has 0 aliphatic heterocycles. The molecule has 1 aliphatic carbocycles. The van der Waals surface area contributed by atoms with E-state index in [-0.39, 0.29) is 39.6 Å². The van der Waals surface area contributed by atoms with Crippen LogP contribution in [0.3, 0.4) is 0 Å². The predicted molar refractivity (Wildman–Crippen MR) is 195 cm³/mol. The van der Waals surface area contributed by atoms with Gasteiger partial charge in [-0.3, -0.25) is 14.4 Å². The molecule has 1 unspecified atom stereocenters. The van der Waals surface area contributed by atoms with Gasteiger partial charge in [0.1, 0.15) is 11.6 Å². The third-order valence-electron chi connectivity index (χ3n) is 7.80. The van der Waals surface area contributed by atoms with Crippen molar-refractivity contribution in [2.75, 3.05) is 0 Å². The highest BCUT2D eigenvalue weighted by molar-refractivity contribution is 5.94. The van der Waals surface area contributed by atoms with Crippen LogP contribution < -0.4 is 17.2 Å². The lowest BCUT2D eigenvalue weighted by Gasteiger charge is -2.32. The van der Waals surface area contributed by atoms with Crippen molar-refractivity contribution in [3.63, 3.8) is 0 Å². The summed E-state index contributed by atoms with van der Waals surface area (Å²) in [5, 5.41) is 0. The number of hydrogen-bond acceptors (Lipinski definition) is 6. The summed E-state index contributed by atoms with van der Waals surface area (Å²) in [7, 11) is 0. The van der Waals surface area contributed by atoms with Gasteiger partial charge >= 0.3 is 0 Å². The largest absolute Gasteiger partial charge is 0.326 e. The summed E-state index contributed by atoms with van der Waals surface area (Å²) in [6.45, 7) is 5.20. The summed E-state index contributed by atoms with van der Waals surface area (Å²) < 4.78 is 0. The average molecular weight is 626 g/mol. The number of Topliss-reactive ketones (excluding diaryl/α,β-unsaturated/α-hetero) is 3. The van der Waals surface area contributed by atoms with Crippen LogP contribution in [0.2, 0.25) is 0 Å². The number of ketones is 3. The highest BCUT2D eigenvalue weighted by Gasteiger charge is 2.34. The molecule has 2 atom stereocenters. The number of carbonyl (C=O) groups excluding carboxylic acids is 3. The van der Waals surface area contributed by atoms with E-state index in [4.69, 9.17) is 17.2 Å². The van der Waals surface area contributed by atoms with Gasteiger partial charge in [-0.1, -0.05) is 125 Å². The summed E-state index contributed by atoms with van der Waals surface area (Å²) in [5.41, 5.74) is 24.4. The van der Waals surface area contributed by atoms with Gasteiger partial charge in [-0.15, -0.1) is 0 Å². The van der Waals surface area contributed by atoms with Crippen molar-refractivity contribution in [1.29, 1.82) is 0 Å². The van der Waals surface area contributed by atoms with Crippen molar-refractivity contribution in [2.24, 2.45) is 17.2 Å². The Kier molecular flexibility index (Phi) is 18.2. The standard InChI is InChI=1S/C16H17NO.C12H15NO.C9H11NO.3CH4/c1-12(18)16(17)11-13-7-9-15(10-8-13)14-5-3-2-4-6-14;1-9(14)12(13)7-6-10-4-2-3-5-11(10)8-12;1-7(11)9-4-2-8(6-10)3-5-9;;;/h2-10,16H,11,17H2,1H3;2-5H,6-8,13H2,1H3;2-5H,6,10H2,1H3;3*1H4/t16-;;;;;/m0...../s1. The fourth-order valence-electron chi connectivity index (χ4n) is 4.80. The molecule has 1 aliphatic rings. The maximum Gasteiger partial charge on any atom is 0.159 e. The predicted octanol–water partition coefficient (Wildman–Crippen LogP) is 7.53. The maximum atomic E-state index is 11.4. The van der Waals surface area contributed by atoms with Crippen LogP contribution in [-0.4, -0.2) is 28.9 Å². The van der Waals surface area contributed by atoms with Crippen LogP contribution in [0.4, 0.5) is 0 Å². The van der Waals surface area contributed by atoms with E-state index in [1.54, 1.807) is 26.0 Å². The first kappa shape index (κ1) is 41.8. The highest BCUT2D eigenvalue weighted by Crippen LogP contribution is 2.27. The number of aryl methyl sites for hydroxylation is 1. The van der Waals surface area contributed by atoms with E-state index in [1.807, 2.05) is 54.6 Å². The van der Waals surface area contributed by atoms with E-state index in [1.165, 1.54) is 29.2 Å². The molecular weight excluding hydrogens is 570 g/mol. The minimum absolute atomic E-state index is 0. The molecule has 4 aromatic carbocycles. The van der Waals surface area contributed by atoms with Gasteiger partial charge in [0.15, 0.2) is 5.78 Å². The Morgan fingerprint density at radius 3 is 1.70 bits per heavy atom. The second-order valence-electron chi connectivity index (χ2n) is 11.1. The number of nitrogens with two attached hydrogens (primary N) is 3. The first-order valence-corrected chi connectivity index (χ1v) is 14.6. The number of hydrogen-bond donors (Lipinski definition) is 3. The third-order valence-corrected chi connectivity index (χ3v) is 7.80. The summed E-state index contributed by atoms with van der Waals surface area (Å²) in [4.78, 5) is 33.3. The monoisotopic (exact) mass is 625 g/mol. The number of rotatable bonds is 7. The van der Waals surface area contributed by atoms with E-state index >= 15 is 0 Å². The minimum Gasteiger partial charge on any atom is -0.326 e. The lowest BCUT2D eigenvalue weighted by molar-refractivity contribution is -0.122. The fraction of sp³-hybridized carbons (Fsp3) is 0.325. The zero-order valence-electron chi connectivity index (χ0n) is 25.4. The zero-order chi connectivity index (χ0) is 31.4. The van der Waals surface area contributed by atoms with Crippen molar-refractivity contribution in [3.05, 3.63) is 131 Å². The Hall–Kier alpha value is -4.23. The van der Waals surface area contributed by atoms with Gasteiger partial charge in [-0.05, 0) is 79.8 Å². The molecule has 0 spiro atoms. The van der Waals surface area contributed by atoms with E-state index in [0.29, 0.717) is 19.4 Å². The summed E-state index contributed by atoms with van der Waals surface area (Å²) >= 11 is 0. The molecule has 6 N–H and O–H groups in total. The van der Waals surface area contributed by atoms with Crippen LogP contribution in [0.25, 0.3) is 11.1 Å².